The molecule has 1 aliphatic carbocycles. The number of amides is 2. The highest BCUT2D eigenvalue weighted by molar-refractivity contribution is 5.81. The average molecular weight is 314 g/mol. The summed E-state index contributed by atoms with van der Waals surface area (Å²) in [6.45, 7) is 3.62. The third kappa shape index (κ3) is 4.34. The molecule has 1 aliphatic heterocycles. The molecule has 0 aromatic heterocycles. The van der Waals surface area contributed by atoms with Crippen LogP contribution in [0, 0.1) is 12.8 Å². The number of hydrogen-bond acceptors (Lipinski definition) is 2. The van der Waals surface area contributed by atoms with Crippen molar-refractivity contribution in [3.63, 3.8) is 0 Å². The Hall–Kier alpha value is -1.84. The minimum atomic E-state index is 0.217. The average Bonchev–Trinajstić information content (AvgIpc) is 3.39. The van der Waals surface area contributed by atoms with Gasteiger partial charge in [-0.1, -0.05) is 24.3 Å². The fourth-order valence-electron chi connectivity index (χ4n) is 3.23. The van der Waals surface area contributed by atoms with Gasteiger partial charge in [0.2, 0.25) is 11.8 Å². The fraction of sp³-hybridized carbons (Fsp3) is 0.579. The molecule has 2 amide bonds. The summed E-state index contributed by atoms with van der Waals surface area (Å²) < 4.78 is 0. The lowest BCUT2D eigenvalue weighted by molar-refractivity contribution is -0.132. The van der Waals surface area contributed by atoms with Crippen molar-refractivity contribution in [1.82, 2.24) is 10.2 Å². The zero-order chi connectivity index (χ0) is 16.2. The summed E-state index contributed by atoms with van der Waals surface area (Å²) in [6.07, 6.45) is 5.24. The molecule has 4 nitrogen and oxygen atoms in total. The van der Waals surface area contributed by atoms with E-state index in [0.29, 0.717) is 6.42 Å². The Morgan fingerprint density at radius 3 is 2.48 bits per heavy atom. The molecule has 0 radical (unpaired) electrons. The van der Waals surface area contributed by atoms with Crippen LogP contribution >= 0.6 is 0 Å². The van der Waals surface area contributed by atoms with Crippen LogP contribution in [-0.4, -0.2) is 35.8 Å². The minimum absolute atomic E-state index is 0.217. The number of likely N-dealkylation sites (tertiary alicyclic amines) is 1. The third-order valence-corrected chi connectivity index (χ3v) is 5.01. The standard InChI is InChI=1S/C19H26N2O2/c1-14-4-2-3-5-15(14)8-9-18(22)21-12-10-17(11-13-21)20-19(23)16-6-7-16/h2-5,16-17H,6-13H2,1H3,(H,20,23). The molecule has 1 aromatic rings. The summed E-state index contributed by atoms with van der Waals surface area (Å²) in [6, 6.07) is 8.50. The van der Waals surface area contributed by atoms with Crippen LogP contribution in [0.4, 0.5) is 0 Å². The quantitative estimate of drug-likeness (QED) is 0.907. The van der Waals surface area contributed by atoms with Crippen molar-refractivity contribution < 1.29 is 9.59 Å². The molecular weight excluding hydrogens is 288 g/mol. The summed E-state index contributed by atoms with van der Waals surface area (Å²) in [7, 11) is 0. The Labute approximate surface area is 138 Å². The predicted molar refractivity (Wildman–Crippen MR) is 90.0 cm³/mol. The Bertz CT molecular complexity index is 572. The highest BCUT2D eigenvalue weighted by atomic mass is 16.2. The molecule has 1 aromatic carbocycles. The van der Waals surface area contributed by atoms with E-state index in [1.165, 1.54) is 11.1 Å². The molecule has 2 fully saturated rings. The van der Waals surface area contributed by atoms with Gasteiger partial charge in [0.15, 0.2) is 0 Å². The first kappa shape index (κ1) is 16.0. The fourth-order valence-corrected chi connectivity index (χ4v) is 3.23. The van der Waals surface area contributed by atoms with E-state index in [9.17, 15) is 9.59 Å². The molecule has 23 heavy (non-hydrogen) atoms. The van der Waals surface area contributed by atoms with Gasteiger partial charge in [-0.3, -0.25) is 9.59 Å². The van der Waals surface area contributed by atoms with Gasteiger partial charge in [-0.2, -0.15) is 0 Å². The van der Waals surface area contributed by atoms with Gasteiger partial charge in [-0.05, 0) is 50.2 Å². The Kier molecular flexibility index (Phi) is 4.99. The van der Waals surface area contributed by atoms with E-state index in [1.54, 1.807) is 0 Å². The number of piperidine rings is 1. The molecule has 124 valence electrons. The summed E-state index contributed by atoms with van der Waals surface area (Å²) >= 11 is 0. The normalized spacial score (nSPS) is 18.7. The SMILES string of the molecule is Cc1ccccc1CCC(=O)N1CCC(NC(=O)C2CC2)CC1. The van der Waals surface area contributed by atoms with Crippen LogP contribution in [0.25, 0.3) is 0 Å². The number of hydrogen-bond donors (Lipinski definition) is 1. The molecule has 1 saturated carbocycles. The lowest BCUT2D eigenvalue weighted by atomic mass is 10.0. The molecular formula is C19H26N2O2. The van der Waals surface area contributed by atoms with E-state index in [2.05, 4.69) is 24.4 Å². The van der Waals surface area contributed by atoms with Gasteiger partial charge >= 0.3 is 0 Å². The second kappa shape index (κ2) is 7.16. The van der Waals surface area contributed by atoms with E-state index in [1.807, 2.05) is 17.0 Å². The van der Waals surface area contributed by atoms with E-state index < -0.39 is 0 Å². The zero-order valence-corrected chi connectivity index (χ0v) is 13.9. The summed E-state index contributed by atoms with van der Waals surface area (Å²) in [4.78, 5) is 26.1. The van der Waals surface area contributed by atoms with Crippen molar-refractivity contribution in [2.45, 2.75) is 51.5 Å². The topological polar surface area (TPSA) is 49.4 Å². The van der Waals surface area contributed by atoms with Gasteiger partial charge in [0, 0.05) is 31.5 Å². The maximum Gasteiger partial charge on any atom is 0.223 e. The number of aryl methyl sites for hydroxylation is 2. The minimum Gasteiger partial charge on any atom is -0.353 e. The van der Waals surface area contributed by atoms with Crippen LogP contribution in [0.3, 0.4) is 0 Å². The molecule has 0 atom stereocenters. The van der Waals surface area contributed by atoms with E-state index in [-0.39, 0.29) is 23.8 Å². The van der Waals surface area contributed by atoms with Crippen molar-refractivity contribution in [1.29, 1.82) is 0 Å². The lowest BCUT2D eigenvalue weighted by Gasteiger charge is -2.32. The first-order valence-corrected chi connectivity index (χ1v) is 8.76. The second-order valence-corrected chi connectivity index (χ2v) is 6.86. The molecule has 0 unspecified atom stereocenters. The molecule has 1 heterocycles. The number of carbonyl (C=O) groups excluding carboxylic acids is 2. The van der Waals surface area contributed by atoms with Crippen molar-refractivity contribution in [2.24, 2.45) is 5.92 Å². The smallest absolute Gasteiger partial charge is 0.223 e. The highest BCUT2D eigenvalue weighted by Crippen LogP contribution is 2.29. The second-order valence-electron chi connectivity index (χ2n) is 6.86. The zero-order valence-electron chi connectivity index (χ0n) is 13.9. The molecule has 1 N–H and O–H groups in total. The maximum atomic E-state index is 12.4. The van der Waals surface area contributed by atoms with Gasteiger partial charge in [0.25, 0.3) is 0 Å². The largest absolute Gasteiger partial charge is 0.353 e. The number of nitrogens with one attached hydrogen (secondary N) is 1. The van der Waals surface area contributed by atoms with Gasteiger partial charge in [-0.25, -0.2) is 0 Å². The molecule has 0 bridgehead atoms. The van der Waals surface area contributed by atoms with Crippen LogP contribution < -0.4 is 5.32 Å². The van der Waals surface area contributed by atoms with Crippen LogP contribution in [-0.2, 0) is 16.0 Å². The number of nitrogens with zero attached hydrogens (tertiary/aromatic N) is 1. The monoisotopic (exact) mass is 314 g/mol. The van der Waals surface area contributed by atoms with E-state index in [0.717, 1.165) is 45.2 Å². The van der Waals surface area contributed by atoms with Crippen molar-refractivity contribution in [3.8, 4) is 0 Å². The molecule has 3 rings (SSSR count). The summed E-state index contributed by atoms with van der Waals surface area (Å²) in [5.74, 6) is 0.721. The van der Waals surface area contributed by atoms with Crippen molar-refractivity contribution in [2.75, 3.05) is 13.1 Å². The molecule has 1 saturated heterocycles. The van der Waals surface area contributed by atoms with Crippen LogP contribution in [0.15, 0.2) is 24.3 Å². The van der Waals surface area contributed by atoms with Crippen LogP contribution in [0.2, 0.25) is 0 Å². The number of rotatable bonds is 5. The molecule has 2 aliphatic rings. The first-order valence-electron chi connectivity index (χ1n) is 8.76. The first-order chi connectivity index (χ1) is 11.1. The summed E-state index contributed by atoms with van der Waals surface area (Å²) in [5.41, 5.74) is 2.51. The van der Waals surface area contributed by atoms with Crippen LogP contribution in [0.5, 0.6) is 0 Å². The van der Waals surface area contributed by atoms with Crippen molar-refractivity contribution in [3.05, 3.63) is 35.4 Å². The number of carbonyl (C=O) groups is 2. The van der Waals surface area contributed by atoms with E-state index >= 15 is 0 Å². The Morgan fingerprint density at radius 2 is 1.83 bits per heavy atom. The van der Waals surface area contributed by atoms with Gasteiger partial charge < -0.3 is 10.2 Å². The van der Waals surface area contributed by atoms with Gasteiger partial charge in [0.05, 0.1) is 0 Å². The predicted octanol–water partition coefficient (Wildman–Crippen LogP) is 2.44. The van der Waals surface area contributed by atoms with Gasteiger partial charge in [-0.15, -0.1) is 0 Å². The number of benzene rings is 1. The Morgan fingerprint density at radius 1 is 1.13 bits per heavy atom. The Balaban J connectivity index is 1.41. The van der Waals surface area contributed by atoms with Gasteiger partial charge in [0.1, 0.15) is 0 Å². The molecule has 4 heteroatoms. The lowest BCUT2D eigenvalue weighted by Crippen LogP contribution is -2.47. The van der Waals surface area contributed by atoms with Crippen molar-refractivity contribution >= 4 is 11.8 Å². The van der Waals surface area contributed by atoms with E-state index in [4.69, 9.17) is 0 Å². The maximum absolute atomic E-state index is 12.4. The van der Waals surface area contributed by atoms with Crippen LogP contribution in [0.1, 0.15) is 43.2 Å². The highest BCUT2D eigenvalue weighted by Gasteiger charge is 2.32. The molecule has 0 spiro atoms. The third-order valence-electron chi connectivity index (χ3n) is 5.01. The summed E-state index contributed by atoms with van der Waals surface area (Å²) in [5, 5.41) is 3.13.